The minimum absolute atomic E-state index is 0.279. The van der Waals surface area contributed by atoms with E-state index >= 15 is 0 Å². The quantitative estimate of drug-likeness (QED) is 0.766. The zero-order valence-corrected chi connectivity index (χ0v) is 14.6. The molecule has 1 saturated carbocycles. The normalized spacial score (nSPS) is 17.4. The zero-order chi connectivity index (χ0) is 14.8. The molecule has 20 heavy (non-hydrogen) atoms. The third-order valence-corrected chi connectivity index (χ3v) is 7.46. The van der Waals surface area contributed by atoms with Crippen molar-refractivity contribution in [1.29, 1.82) is 0 Å². The Balaban J connectivity index is 2.01. The second kappa shape index (κ2) is 6.79. The third-order valence-electron chi connectivity index (χ3n) is 3.35. The SMILES string of the molecule is CSC(C)CNS(=O)(=O)c1cc(C)c(CNC2CC2)s1. The predicted molar refractivity (Wildman–Crippen MR) is 87.1 cm³/mol. The first-order valence-electron chi connectivity index (χ1n) is 6.77. The van der Waals surface area contributed by atoms with Crippen molar-refractivity contribution in [3.05, 3.63) is 16.5 Å². The summed E-state index contributed by atoms with van der Waals surface area (Å²) >= 11 is 3.03. The Kier molecular flexibility index (Phi) is 5.53. The molecule has 0 aromatic carbocycles. The molecule has 1 heterocycles. The molecule has 0 spiro atoms. The van der Waals surface area contributed by atoms with Gasteiger partial charge in [-0.1, -0.05) is 6.92 Å². The summed E-state index contributed by atoms with van der Waals surface area (Å²) in [6.07, 6.45) is 4.46. The average Bonchev–Trinajstić information content (AvgIpc) is 3.16. The molecule has 0 aliphatic heterocycles. The van der Waals surface area contributed by atoms with Crippen molar-refractivity contribution in [2.75, 3.05) is 12.8 Å². The van der Waals surface area contributed by atoms with E-state index < -0.39 is 10.0 Å². The minimum atomic E-state index is -3.36. The van der Waals surface area contributed by atoms with Gasteiger partial charge in [0, 0.05) is 29.3 Å². The Morgan fingerprint density at radius 3 is 2.80 bits per heavy atom. The van der Waals surface area contributed by atoms with E-state index in [9.17, 15) is 8.42 Å². The van der Waals surface area contributed by atoms with Crippen LogP contribution < -0.4 is 10.0 Å². The van der Waals surface area contributed by atoms with Crippen LogP contribution in [0.1, 0.15) is 30.2 Å². The molecule has 0 bridgehead atoms. The molecule has 2 N–H and O–H groups in total. The van der Waals surface area contributed by atoms with Crippen LogP contribution in [-0.2, 0) is 16.6 Å². The summed E-state index contributed by atoms with van der Waals surface area (Å²) < 4.78 is 27.6. The molecular weight excluding hydrogens is 312 g/mol. The molecule has 1 unspecified atom stereocenters. The lowest BCUT2D eigenvalue weighted by Gasteiger charge is -2.09. The lowest BCUT2D eigenvalue weighted by Crippen LogP contribution is -2.28. The Labute approximate surface area is 129 Å². The largest absolute Gasteiger partial charge is 0.309 e. The van der Waals surface area contributed by atoms with Crippen molar-refractivity contribution >= 4 is 33.1 Å². The number of rotatable bonds is 8. The fraction of sp³-hybridized carbons (Fsp3) is 0.692. The van der Waals surface area contributed by atoms with Crippen LogP contribution >= 0.6 is 23.1 Å². The Hall–Kier alpha value is -0.0800. The smallest absolute Gasteiger partial charge is 0.250 e. The first kappa shape index (κ1) is 16.3. The predicted octanol–water partition coefficient (Wildman–Crippen LogP) is 2.34. The van der Waals surface area contributed by atoms with Crippen LogP contribution in [0.2, 0.25) is 0 Å². The van der Waals surface area contributed by atoms with Crippen molar-refractivity contribution < 1.29 is 8.42 Å². The summed E-state index contributed by atoms with van der Waals surface area (Å²) in [6.45, 7) is 5.23. The molecule has 1 aliphatic rings. The van der Waals surface area contributed by atoms with Crippen LogP contribution in [0.15, 0.2) is 10.3 Å². The fourth-order valence-corrected chi connectivity index (χ4v) is 4.77. The Morgan fingerprint density at radius 1 is 1.50 bits per heavy atom. The van der Waals surface area contributed by atoms with Gasteiger partial charge < -0.3 is 5.32 Å². The van der Waals surface area contributed by atoms with Crippen LogP contribution in [0.4, 0.5) is 0 Å². The maximum Gasteiger partial charge on any atom is 0.250 e. The van der Waals surface area contributed by atoms with Crippen LogP contribution in [0.3, 0.4) is 0 Å². The minimum Gasteiger partial charge on any atom is -0.309 e. The summed E-state index contributed by atoms with van der Waals surface area (Å²) in [5.41, 5.74) is 1.06. The fourth-order valence-electron chi connectivity index (χ4n) is 1.70. The molecule has 2 rings (SSSR count). The molecule has 0 saturated heterocycles. The molecule has 4 nitrogen and oxygen atoms in total. The Morgan fingerprint density at radius 2 is 2.20 bits per heavy atom. The number of hydrogen-bond donors (Lipinski definition) is 2. The van der Waals surface area contributed by atoms with Crippen molar-refractivity contribution in [1.82, 2.24) is 10.0 Å². The van der Waals surface area contributed by atoms with Crippen molar-refractivity contribution in [2.45, 2.75) is 48.7 Å². The van der Waals surface area contributed by atoms with Gasteiger partial charge in [0.05, 0.1) is 0 Å². The van der Waals surface area contributed by atoms with Gasteiger partial charge in [-0.25, -0.2) is 13.1 Å². The summed E-state index contributed by atoms with van der Waals surface area (Å²) in [6, 6.07) is 2.41. The maximum atomic E-state index is 12.2. The van der Waals surface area contributed by atoms with E-state index in [-0.39, 0.29) is 5.25 Å². The zero-order valence-electron chi connectivity index (χ0n) is 12.1. The van der Waals surface area contributed by atoms with Gasteiger partial charge in [0.1, 0.15) is 4.21 Å². The van der Waals surface area contributed by atoms with Crippen LogP contribution in [0.5, 0.6) is 0 Å². The van der Waals surface area contributed by atoms with E-state index in [1.807, 2.05) is 20.1 Å². The van der Waals surface area contributed by atoms with Crippen molar-refractivity contribution in [3.8, 4) is 0 Å². The van der Waals surface area contributed by atoms with Gasteiger partial charge in [-0.3, -0.25) is 0 Å². The highest BCUT2D eigenvalue weighted by molar-refractivity contribution is 7.99. The second-order valence-electron chi connectivity index (χ2n) is 5.23. The summed E-state index contributed by atoms with van der Waals surface area (Å²) in [4.78, 5) is 1.12. The summed E-state index contributed by atoms with van der Waals surface area (Å²) in [5, 5.41) is 3.71. The molecule has 1 atom stereocenters. The highest BCUT2D eigenvalue weighted by atomic mass is 32.2. The van der Waals surface area contributed by atoms with Gasteiger partial charge in [0.15, 0.2) is 0 Å². The molecular formula is C13H22N2O2S3. The molecule has 1 fully saturated rings. The van der Waals surface area contributed by atoms with E-state index in [1.165, 1.54) is 24.2 Å². The molecule has 114 valence electrons. The number of sulfonamides is 1. The highest BCUT2D eigenvalue weighted by Gasteiger charge is 2.23. The first-order chi connectivity index (χ1) is 9.42. The monoisotopic (exact) mass is 334 g/mol. The standard InChI is InChI=1S/C13H22N2O2S3/c1-9-6-13(19-12(9)8-14-11-4-5-11)20(16,17)15-7-10(2)18-3/h6,10-11,14-15H,4-5,7-8H2,1-3H3. The van der Waals surface area contributed by atoms with Gasteiger partial charge in [-0.05, 0) is 37.7 Å². The van der Waals surface area contributed by atoms with Crippen LogP contribution in [0.25, 0.3) is 0 Å². The number of thiophene rings is 1. The van der Waals surface area contributed by atoms with Gasteiger partial charge in [0.25, 0.3) is 0 Å². The number of aryl methyl sites for hydroxylation is 1. The lowest BCUT2D eigenvalue weighted by atomic mass is 10.3. The van der Waals surface area contributed by atoms with E-state index in [0.29, 0.717) is 16.8 Å². The van der Waals surface area contributed by atoms with E-state index in [2.05, 4.69) is 10.0 Å². The lowest BCUT2D eigenvalue weighted by molar-refractivity contribution is 0.583. The van der Waals surface area contributed by atoms with Crippen LogP contribution in [0, 0.1) is 6.92 Å². The molecule has 0 radical (unpaired) electrons. The average molecular weight is 335 g/mol. The van der Waals surface area contributed by atoms with E-state index in [0.717, 1.165) is 17.0 Å². The molecule has 1 aromatic rings. The van der Waals surface area contributed by atoms with Gasteiger partial charge >= 0.3 is 0 Å². The van der Waals surface area contributed by atoms with Gasteiger partial charge in [0.2, 0.25) is 10.0 Å². The molecule has 1 aromatic heterocycles. The number of nitrogens with one attached hydrogen (secondary N) is 2. The maximum absolute atomic E-state index is 12.2. The van der Waals surface area contributed by atoms with Gasteiger partial charge in [-0.2, -0.15) is 11.8 Å². The highest BCUT2D eigenvalue weighted by Crippen LogP contribution is 2.27. The van der Waals surface area contributed by atoms with E-state index in [4.69, 9.17) is 0 Å². The van der Waals surface area contributed by atoms with Crippen molar-refractivity contribution in [2.24, 2.45) is 0 Å². The molecule has 7 heteroatoms. The molecule has 0 amide bonds. The topological polar surface area (TPSA) is 58.2 Å². The second-order valence-corrected chi connectivity index (χ2v) is 9.63. The first-order valence-corrected chi connectivity index (χ1v) is 10.4. The number of hydrogen-bond acceptors (Lipinski definition) is 5. The Bertz CT molecular complexity index is 550. The summed E-state index contributed by atoms with van der Waals surface area (Å²) in [7, 11) is -3.36. The van der Waals surface area contributed by atoms with Gasteiger partial charge in [-0.15, -0.1) is 11.3 Å². The van der Waals surface area contributed by atoms with Crippen LogP contribution in [-0.4, -0.2) is 32.5 Å². The van der Waals surface area contributed by atoms with E-state index in [1.54, 1.807) is 17.8 Å². The van der Waals surface area contributed by atoms with Crippen molar-refractivity contribution in [3.63, 3.8) is 0 Å². The molecule has 1 aliphatic carbocycles. The third kappa shape index (κ3) is 4.46. The number of thioether (sulfide) groups is 1. The summed E-state index contributed by atoms with van der Waals surface area (Å²) in [5.74, 6) is 0.